The zero-order valence-electron chi connectivity index (χ0n) is 16.2. The largest absolute Gasteiger partial charge is 0.345 e. The second-order valence-corrected chi connectivity index (χ2v) is 9.10. The van der Waals surface area contributed by atoms with E-state index in [4.69, 9.17) is 0 Å². The molecule has 1 atom stereocenters. The van der Waals surface area contributed by atoms with Gasteiger partial charge in [-0.15, -0.1) is 10.2 Å². The van der Waals surface area contributed by atoms with Gasteiger partial charge in [0.2, 0.25) is 10.0 Å². The van der Waals surface area contributed by atoms with E-state index in [1.165, 1.54) is 12.1 Å². The Balaban J connectivity index is 1.45. The van der Waals surface area contributed by atoms with Gasteiger partial charge >= 0.3 is 0 Å². The lowest BCUT2D eigenvalue weighted by atomic mass is 10.1. The molecule has 3 aromatic rings. The Hall–Kier alpha value is -2.78. The molecule has 152 valence electrons. The molecule has 1 aliphatic rings. The molecule has 1 amide bonds. The number of nitrogens with zero attached hydrogens (tertiary/aromatic N) is 4. The predicted molar refractivity (Wildman–Crippen MR) is 108 cm³/mol. The highest BCUT2D eigenvalue weighted by molar-refractivity contribution is 7.89. The van der Waals surface area contributed by atoms with Crippen LogP contribution in [-0.4, -0.2) is 45.8 Å². The minimum atomic E-state index is -3.55. The average molecular weight is 414 g/mol. The molecule has 0 radical (unpaired) electrons. The van der Waals surface area contributed by atoms with E-state index in [2.05, 4.69) is 15.5 Å². The Bertz CT molecular complexity index is 1120. The Morgan fingerprint density at radius 2 is 1.93 bits per heavy atom. The van der Waals surface area contributed by atoms with Gasteiger partial charge in [-0.25, -0.2) is 8.42 Å². The number of carbonyl (C=O) groups is 1. The summed E-state index contributed by atoms with van der Waals surface area (Å²) < 4.78 is 29.1. The molecule has 0 aliphatic carbocycles. The fourth-order valence-corrected chi connectivity index (χ4v) is 5.31. The Kier molecular flexibility index (Phi) is 5.33. The van der Waals surface area contributed by atoms with E-state index in [9.17, 15) is 13.2 Å². The quantitative estimate of drug-likeness (QED) is 0.692. The predicted octanol–water partition coefficient (Wildman–Crippen LogP) is 2.22. The second kappa shape index (κ2) is 7.92. The van der Waals surface area contributed by atoms with Gasteiger partial charge < -0.3 is 5.32 Å². The Labute approximate surface area is 169 Å². The molecule has 1 fully saturated rings. The van der Waals surface area contributed by atoms with E-state index in [-0.39, 0.29) is 23.4 Å². The summed E-state index contributed by atoms with van der Waals surface area (Å²) in [4.78, 5) is 12.7. The number of hydrogen-bond donors (Lipinski definition) is 1. The molecule has 1 aromatic carbocycles. The molecule has 3 heterocycles. The van der Waals surface area contributed by atoms with E-state index < -0.39 is 10.0 Å². The van der Waals surface area contributed by atoms with Gasteiger partial charge in [0.15, 0.2) is 11.5 Å². The molecule has 0 unspecified atom stereocenters. The van der Waals surface area contributed by atoms with Crippen molar-refractivity contribution in [2.75, 3.05) is 6.54 Å². The first-order valence-electron chi connectivity index (χ1n) is 9.65. The summed E-state index contributed by atoms with van der Waals surface area (Å²) in [6.45, 7) is 2.69. The molecular formula is C20H23N5O3S. The first-order valence-corrected chi connectivity index (χ1v) is 11.1. The second-order valence-electron chi connectivity index (χ2n) is 7.21. The number of rotatable bonds is 5. The van der Waals surface area contributed by atoms with E-state index in [0.717, 1.165) is 19.3 Å². The lowest BCUT2D eigenvalue weighted by molar-refractivity contribution is 0.0949. The fraction of sp³-hybridized carbons (Fsp3) is 0.350. The summed E-state index contributed by atoms with van der Waals surface area (Å²) in [6.07, 6.45) is 4.63. The van der Waals surface area contributed by atoms with Crippen molar-refractivity contribution in [2.24, 2.45) is 0 Å². The van der Waals surface area contributed by atoms with Crippen LogP contribution in [-0.2, 0) is 16.6 Å². The Morgan fingerprint density at radius 1 is 1.14 bits per heavy atom. The fourth-order valence-electron chi connectivity index (χ4n) is 3.62. The third-order valence-electron chi connectivity index (χ3n) is 5.26. The van der Waals surface area contributed by atoms with Crippen molar-refractivity contribution in [3.05, 3.63) is 60.0 Å². The van der Waals surface area contributed by atoms with Crippen LogP contribution in [0.3, 0.4) is 0 Å². The van der Waals surface area contributed by atoms with Gasteiger partial charge in [-0.05, 0) is 56.2 Å². The summed E-state index contributed by atoms with van der Waals surface area (Å²) in [5.74, 6) is 0.320. The summed E-state index contributed by atoms with van der Waals surface area (Å²) in [7, 11) is -3.55. The number of fused-ring (bicyclic) bond motifs is 1. The highest BCUT2D eigenvalue weighted by atomic mass is 32.2. The van der Waals surface area contributed by atoms with Crippen molar-refractivity contribution in [3.8, 4) is 0 Å². The molecule has 1 saturated heterocycles. The lowest BCUT2D eigenvalue weighted by Gasteiger charge is -2.32. The van der Waals surface area contributed by atoms with Gasteiger partial charge in [0.05, 0.1) is 11.4 Å². The monoisotopic (exact) mass is 413 g/mol. The first kappa shape index (κ1) is 19.5. The highest BCUT2D eigenvalue weighted by Gasteiger charge is 2.30. The minimum absolute atomic E-state index is 0.00490. The van der Waals surface area contributed by atoms with Crippen molar-refractivity contribution in [1.82, 2.24) is 24.2 Å². The zero-order valence-corrected chi connectivity index (χ0v) is 17.0. The van der Waals surface area contributed by atoms with E-state index >= 15 is 0 Å². The minimum Gasteiger partial charge on any atom is -0.345 e. The summed E-state index contributed by atoms with van der Waals surface area (Å²) in [6, 6.07) is 11.6. The van der Waals surface area contributed by atoms with Gasteiger partial charge in [-0.3, -0.25) is 9.20 Å². The number of benzene rings is 1. The van der Waals surface area contributed by atoms with Gasteiger partial charge in [0.1, 0.15) is 0 Å². The number of piperidine rings is 1. The molecule has 1 aliphatic heterocycles. The maximum absolute atomic E-state index is 12.9. The van der Waals surface area contributed by atoms with Crippen LogP contribution < -0.4 is 5.32 Å². The standard InChI is InChI=1S/C20H23N5O3S/c1-15-6-2-5-13-25(15)29(27,28)17-10-8-16(9-11-17)20(26)21-14-19-23-22-18-7-3-4-12-24(18)19/h3-4,7-12,15H,2,5-6,13-14H2,1H3,(H,21,26)/t15-/m0/s1. The number of amides is 1. The summed E-state index contributed by atoms with van der Waals surface area (Å²) >= 11 is 0. The zero-order chi connectivity index (χ0) is 20.4. The molecule has 29 heavy (non-hydrogen) atoms. The molecular weight excluding hydrogens is 390 g/mol. The number of carbonyl (C=O) groups excluding carboxylic acids is 1. The van der Waals surface area contributed by atoms with Crippen molar-refractivity contribution in [1.29, 1.82) is 0 Å². The average Bonchev–Trinajstić information content (AvgIpc) is 3.15. The number of sulfonamides is 1. The molecule has 0 bridgehead atoms. The van der Waals surface area contributed by atoms with Crippen LogP contribution in [0, 0.1) is 0 Å². The number of aromatic nitrogens is 3. The molecule has 0 saturated carbocycles. The van der Waals surface area contributed by atoms with Crippen molar-refractivity contribution in [3.63, 3.8) is 0 Å². The first-order chi connectivity index (χ1) is 14.0. The maximum atomic E-state index is 12.9. The van der Waals surface area contributed by atoms with Crippen LogP contribution in [0.2, 0.25) is 0 Å². The van der Waals surface area contributed by atoms with Crippen molar-refractivity contribution >= 4 is 21.6 Å². The van der Waals surface area contributed by atoms with Crippen LogP contribution in [0.5, 0.6) is 0 Å². The molecule has 9 heteroatoms. The lowest BCUT2D eigenvalue weighted by Crippen LogP contribution is -2.41. The van der Waals surface area contributed by atoms with Crippen LogP contribution in [0.15, 0.2) is 53.6 Å². The molecule has 2 aromatic heterocycles. The van der Waals surface area contributed by atoms with Crippen LogP contribution >= 0.6 is 0 Å². The smallest absolute Gasteiger partial charge is 0.251 e. The Morgan fingerprint density at radius 3 is 2.69 bits per heavy atom. The number of nitrogens with one attached hydrogen (secondary N) is 1. The molecule has 1 N–H and O–H groups in total. The van der Waals surface area contributed by atoms with E-state index in [1.807, 2.05) is 31.3 Å². The summed E-state index contributed by atoms with van der Waals surface area (Å²) in [5.41, 5.74) is 1.10. The van der Waals surface area contributed by atoms with Gasteiger partial charge in [0, 0.05) is 24.3 Å². The van der Waals surface area contributed by atoms with Gasteiger partial charge in [-0.2, -0.15) is 4.31 Å². The van der Waals surface area contributed by atoms with Crippen LogP contribution in [0.25, 0.3) is 5.65 Å². The molecule has 0 spiro atoms. The van der Waals surface area contributed by atoms with Crippen LogP contribution in [0.4, 0.5) is 0 Å². The third kappa shape index (κ3) is 3.88. The van der Waals surface area contributed by atoms with Crippen molar-refractivity contribution in [2.45, 2.75) is 43.7 Å². The maximum Gasteiger partial charge on any atom is 0.251 e. The topological polar surface area (TPSA) is 96.7 Å². The number of hydrogen-bond acceptors (Lipinski definition) is 5. The molecule has 4 rings (SSSR count). The van der Waals surface area contributed by atoms with Gasteiger partial charge in [-0.1, -0.05) is 12.5 Å². The third-order valence-corrected chi connectivity index (χ3v) is 7.28. The molecule has 8 nitrogen and oxygen atoms in total. The van der Waals surface area contributed by atoms with Crippen molar-refractivity contribution < 1.29 is 13.2 Å². The highest BCUT2D eigenvalue weighted by Crippen LogP contribution is 2.25. The van der Waals surface area contributed by atoms with Crippen LogP contribution in [0.1, 0.15) is 42.4 Å². The number of pyridine rings is 1. The van der Waals surface area contributed by atoms with Gasteiger partial charge in [0.25, 0.3) is 5.91 Å². The normalized spacial score (nSPS) is 18.0. The van der Waals surface area contributed by atoms with E-state index in [0.29, 0.717) is 23.6 Å². The SMILES string of the molecule is C[C@H]1CCCCN1S(=O)(=O)c1ccc(C(=O)NCc2nnc3ccccn23)cc1. The summed E-state index contributed by atoms with van der Waals surface area (Å²) in [5, 5.41) is 10.9. The van der Waals surface area contributed by atoms with E-state index in [1.54, 1.807) is 20.8 Å².